The van der Waals surface area contributed by atoms with Crippen molar-refractivity contribution < 1.29 is 17.6 Å². The van der Waals surface area contributed by atoms with Gasteiger partial charge in [-0.05, 0) is 54.7 Å². The van der Waals surface area contributed by atoms with Crippen LogP contribution >= 0.6 is 0 Å². The standard InChI is InChI=1S/C15H11F4N/c16-10-5-6-11(12(8-10)9-3-4-9)14-13(15(17,18)19)2-1-7-20-14/h1-2,5-9H,3-4H2. The first-order valence-corrected chi connectivity index (χ1v) is 6.29. The molecular formula is C15H11F4N. The highest BCUT2D eigenvalue weighted by Crippen LogP contribution is 2.46. The maximum absolute atomic E-state index is 13.3. The van der Waals surface area contributed by atoms with Crippen LogP contribution in [0.15, 0.2) is 36.5 Å². The van der Waals surface area contributed by atoms with Crippen LogP contribution in [0.5, 0.6) is 0 Å². The molecule has 1 heterocycles. The summed E-state index contributed by atoms with van der Waals surface area (Å²) in [6.07, 6.45) is -1.39. The lowest BCUT2D eigenvalue weighted by molar-refractivity contribution is -0.137. The third-order valence-electron chi connectivity index (χ3n) is 3.40. The van der Waals surface area contributed by atoms with Gasteiger partial charge in [0, 0.05) is 11.8 Å². The fourth-order valence-corrected chi connectivity index (χ4v) is 2.33. The molecule has 3 rings (SSSR count). The minimum atomic E-state index is -4.47. The minimum absolute atomic E-state index is 0.123. The molecule has 0 unspecified atom stereocenters. The molecule has 0 amide bonds. The lowest BCUT2D eigenvalue weighted by Crippen LogP contribution is -2.09. The van der Waals surface area contributed by atoms with Gasteiger partial charge in [-0.15, -0.1) is 0 Å². The lowest BCUT2D eigenvalue weighted by Gasteiger charge is -2.14. The molecule has 20 heavy (non-hydrogen) atoms. The summed E-state index contributed by atoms with van der Waals surface area (Å²) in [6.45, 7) is 0. The van der Waals surface area contributed by atoms with Gasteiger partial charge in [0.25, 0.3) is 0 Å². The van der Waals surface area contributed by atoms with Crippen LogP contribution in [0.4, 0.5) is 17.6 Å². The third kappa shape index (κ3) is 2.40. The first-order chi connectivity index (χ1) is 9.47. The summed E-state index contributed by atoms with van der Waals surface area (Å²) in [5.74, 6) is -0.288. The highest BCUT2D eigenvalue weighted by molar-refractivity contribution is 5.68. The number of nitrogens with zero attached hydrogens (tertiary/aromatic N) is 1. The number of hydrogen-bond donors (Lipinski definition) is 0. The molecule has 1 aromatic carbocycles. The predicted octanol–water partition coefficient (Wildman–Crippen LogP) is 4.78. The second-order valence-electron chi connectivity index (χ2n) is 4.90. The van der Waals surface area contributed by atoms with Crippen LogP contribution in [0.25, 0.3) is 11.3 Å². The first-order valence-electron chi connectivity index (χ1n) is 6.29. The maximum Gasteiger partial charge on any atom is 0.418 e. The molecule has 2 aromatic rings. The molecule has 0 saturated heterocycles. The average Bonchev–Trinajstić information content (AvgIpc) is 3.22. The molecule has 0 radical (unpaired) electrons. The van der Waals surface area contributed by atoms with Crippen LogP contribution in [-0.4, -0.2) is 4.98 Å². The zero-order valence-electron chi connectivity index (χ0n) is 10.4. The van der Waals surface area contributed by atoms with Crippen LogP contribution in [0.2, 0.25) is 0 Å². The Balaban J connectivity index is 2.19. The molecule has 0 aliphatic heterocycles. The van der Waals surface area contributed by atoms with Crippen LogP contribution < -0.4 is 0 Å². The van der Waals surface area contributed by atoms with Crippen molar-refractivity contribution in [2.45, 2.75) is 24.9 Å². The van der Waals surface area contributed by atoms with Gasteiger partial charge in [0.1, 0.15) is 5.82 Å². The molecule has 0 bridgehead atoms. The summed E-state index contributed by atoms with van der Waals surface area (Å²) < 4.78 is 52.5. The SMILES string of the molecule is Fc1ccc(-c2ncccc2C(F)(F)F)c(C2CC2)c1. The zero-order chi connectivity index (χ0) is 14.3. The van der Waals surface area contributed by atoms with Crippen molar-refractivity contribution in [2.75, 3.05) is 0 Å². The van der Waals surface area contributed by atoms with E-state index in [-0.39, 0.29) is 11.6 Å². The first kappa shape index (κ1) is 13.1. The summed E-state index contributed by atoms with van der Waals surface area (Å²) in [6, 6.07) is 6.15. The van der Waals surface area contributed by atoms with E-state index in [4.69, 9.17) is 0 Å². The number of benzene rings is 1. The van der Waals surface area contributed by atoms with Crippen molar-refractivity contribution in [3.63, 3.8) is 0 Å². The summed E-state index contributed by atoms with van der Waals surface area (Å²) in [4.78, 5) is 3.87. The van der Waals surface area contributed by atoms with Crippen molar-refractivity contribution in [2.24, 2.45) is 0 Å². The van der Waals surface area contributed by atoms with Crippen molar-refractivity contribution in [1.82, 2.24) is 4.98 Å². The van der Waals surface area contributed by atoms with Gasteiger partial charge in [-0.25, -0.2) is 4.39 Å². The van der Waals surface area contributed by atoms with Crippen molar-refractivity contribution >= 4 is 0 Å². The Labute approximate surface area is 113 Å². The van der Waals surface area contributed by atoms with Gasteiger partial charge in [-0.1, -0.05) is 0 Å². The van der Waals surface area contributed by atoms with Crippen molar-refractivity contribution in [3.8, 4) is 11.3 Å². The zero-order valence-corrected chi connectivity index (χ0v) is 10.4. The average molecular weight is 281 g/mol. The Morgan fingerprint density at radius 2 is 1.85 bits per heavy atom. The second kappa shape index (κ2) is 4.58. The van der Waals surface area contributed by atoms with E-state index in [0.29, 0.717) is 11.1 Å². The Bertz CT molecular complexity index is 645. The van der Waals surface area contributed by atoms with E-state index >= 15 is 0 Å². The molecule has 1 nitrogen and oxygen atoms in total. The summed E-state index contributed by atoms with van der Waals surface area (Å²) in [7, 11) is 0. The largest absolute Gasteiger partial charge is 0.418 e. The van der Waals surface area contributed by atoms with Crippen LogP contribution in [0.3, 0.4) is 0 Å². The van der Waals surface area contributed by atoms with E-state index in [2.05, 4.69) is 4.98 Å². The van der Waals surface area contributed by atoms with Gasteiger partial charge in [-0.2, -0.15) is 13.2 Å². The molecular weight excluding hydrogens is 270 g/mol. The van der Waals surface area contributed by atoms with E-state index in [1.54, 1.807) is 0 Å². The quantitative estimate of drug-likeness (QED) is 0.722. The highest BCUT2D eigenvalue weighted by Gasteiger charge is 2.36. The lowest BCUT2D eigenvalue weighted by atomic mass is 9.97. The Hall–Kier alpha value is -1.91. The molecule has 5 heteroatoms. The number of rotatable bonds is 2. The van der Waals surface area contributed by atoms with E-state index in [0.717, 1.165) is 18.9 Å². The summed E-state index contributed by atoms with van der Waals surface area (Å²) in [5.41, 5.74) is 0.0893. The number of hydrogen-bond acceptors (Lipinski definition) is 1. The van der Waals surface area contributed by atoms with Gasteiger partial charge in [0.05, 0.1) is 11.3 Å². The van der Waals surface area contributed by atoms with Crippen LogP contribution in [-0.2, 0) is 6.18 Å². The van der Waals surface area contributed by atoms with E-state index in [9.17, 15) is 17.6 Å². The van der Waals surface area contributed by atoms with Gasteiger partial charge in [0.2, 0.25) is 0 Å². The van der Waals surface area contributed by atoms with Crippen molar-refractivity contribution in [1.29, 1.82) is 0 Å². The predicted molar refractivity (Wildman–Crippen MR) is 66.6 cm³/mol. The van der Waals surface area contributed by atoms with Gasteiger partial charge < -0.3 is 0 Å². The second-order valence-corrected chi connectivity index (χ2v) is 4.90. The van der Waals surface area contributed by atoms with Gasteiger partial charge in [-0.3, -0.25) is 4.98 Å². The third-order valence-corrected chi connectivity index (χ3v) is 3.40. The Kier molecular flexibility index (Phi) is 3.00. The number of alkyl halides is 3. The number of halogens is 4. The van der Waals surface area contributed by atoms with Crippen LogP contribution in [0, 0.1) is 5.82 Å². The normalized spacial score (nSPS) is 15.4. The molecule has 1 aliphatic carbocycles. The summed E-state index contributed by atoms with van der Waals surface area (Å²) >= 11 is 0. The van der Waals surface area contributed by atoms with E-state index in [1.807, 2.05) is 0 Å². The molecule has 1 aromatic heterocycles. The smallest absolute Gasteiger partial charge is 0.256 e. The van der Waals surface area contributed by atoms with Gasteiger partial charge in [0.15, 0.2) is 0 Å². The van der Waals surface area contributed by atoms with Crippen molar-refractivity contribution in [3.05, 3.63) is 53.5 Å². The summed E-state index contributed by atoms with van der Waals surface area (Å²) in [5, 5.41) is 0. The topological polar surface area (TPSA) is 12.9 Å². The number of aromatic nitrogens is 1. The van der Waals surface area contributed by atoms with E-state index < -0.39 is 17.6 Å². The fraction of sp³-hybridized carbons (Fsp3) is 0.267. The molecule has 1 fully saturated rings. The molecule has 0 atom stereocenters. The highest BCUT2D eigenvalue weighted by atomic mass is 19.4. The number of pyridine rings is 1. The molecule has 1 aliphatic rings. The monoisotopic (exact) mass is 281 g/mol. The fourth-order valence-electron chi connectivity index (χ4n) is 2.33. The molecule has 1 saturated carbocycles. The van der Waals surface area contributed by atoms with Crippen LogP contribution in [0.1, 0.15) is 29.9 Å². The van der Waals surface area contributed by atoms with Gasteiger partial charge >= 0.3 is 6.18 Å². The maximum atomic E-state index is 13.3. The molecule has 0 spiro atoms. The molecule has 0 N–H and O–H groups in total. The van der Waals surface area contributed by atoms with E-state index in [1.165, 1.54) is 30.5 Å². The minimum Gasteiger partial charge on any atom is -0.256 e. The Morgan fingerprint density at radius 1 is 1.10 bits per heavy atom. The molecule has 104 valence electrons. The Morgan fingerprint density at radius 3 is 2.50 bits per heavy atom.